The average Bonchev–Trinajstić information content (AvgIpc) is 2.82. The molecule has 0 spiro atoms. The van der Waals surface area contributed by atoms with E-state index in [0.29, 0.717) is 31.0 Å². The zero-order valence-electron chi connectivity index (χ0n) is 13.0. The second kappa shape index (κ2) is 8.04. The number of nitrogens with zero attached hydrogens (tertiary/aromatic N) is 2. The molecular formula is C15H27N3O2. The van der Waals surface area contributed by atoms with Crippen LogP contribution in [0.1, 0.15) is 68.5 Å². The van der Waals surface area contributed by atoms with Gasteiger partial charge in [-0.1, -0.05) is 20.8 Å². The SMILES string of the molecule is CCC(O)CCNC(=O)c1cnn(C(CC)CC)c1C. The summed E-state index contributed by atoms with van der Waals surface area (Å²) < 4.78 is 1.94. The number of nitrogens with one attached hydrogen (secondary N) is 1. The minimum Gasteiger partial charge on any atom is -0.393 e. The first kappa shape index (κ1) is 16.7. The molecule has 0 saturated heterocycles. The Bertz CT molecular complexity index is 425. The molecule has 1 aromatic heterocycles. The van der Waals surface area contributed by atoms with E-state index < -0.39 is 0 Å². The summed E-state index contributed by atoms with van der Waals surface area (Å²) in [5.41, 5.74) is 1.54. The third-order valence-electron chi connectivity index (χ3n) is 3.81. The number of aromatic nitrogens is 2. The van der Waals surface area contributed by atoms with E-state index in [2.05, 4.69) is 24.3 Å². The third kappa shape index (κ3) is 4.07. The lowest BCUT2D eigenvalue weighted by Crippen LogP contribution is -2.27. The number of aliphatic hydroxyl groups excluding tert-OH is 1. The summed E-state index contributed by atoms with van der Waals surface area (Å²) in [7, 11) is 0. The van der Waals surface area contributed by atoms with Crippen LogP contribution in [0, 0.1) is 6.92 Å². The van der Waals surface area contributed by atoms with Crippen molar-refractivity contribution in [3.63, 3.8) is 0 Å². The van der Waals surface area contributed by atoms with Gasteiger partial charge in [0.15, 0.2) is 0 Å². The van der Waals surface area contributed by atoms with Gasteiger partial charge in [0.25, 0.3) is 5.91 Å². The van der Waals surface area contributed by atoms with Crippen LogP contribution in [0.25, 0.3) is 0 Å². The lowest BCUT2D eigenvalue weighted by molar-refractivity contribution is 0.0941. The summed E-state index contributed by atoms with van der Waals surface area (Å²) in [6.45, 7) is 8.60. The molecule has 1 unspecified atom stereocenters. The highest BCUT2D eigenvalue weighted by atomic mass is 16.3. The van der Waals surface area contributed by atoms with Crippen LogP contribution in [0.3, 0.4) is 0 Å². The van der Waals surface area contributed by atoms with Crippen molar-refractivity contribution in [1.29, 1.82) is 0 Å². The van der Waals surface area contributed by atoms with Gasteiger partial charge >= 0.3 is 0 Å². The molecule has 1 amide bonds. The molecule has 0 fully saturated rings. The van der Waals surface area contributed by atoms with Crippen LogP contribution in [0.2, 0.25) is 0 Å². The quantitative estimate of drug-likeness (QED) is 0.769. The van der Waals surface area contributed by atoms with E-state index in [-0.39, 0.29) is 12.0 Å². The first-order valence-electron chi connectivity index (χ1n) is 7.55. The maximum absolute atomic E-state index is 12.1. The van der Waals surface area contributed by atoms with Crippen molar-refractivity contribution < 1.29 is 9.90 Å². The number of amides is 1. The van der Waals surface area contributed by atoms with Crippen LogP contribution < -0.4 is 5.32 Å². The van der Waals surface area contributed by atoms with Crippen LogP contribution in [0.5, 0.6) is 0 Å². The fraction of sp³-hybridized carbons (Fsp3) is 0.733. The minimum atomic E-state index is -0.344. The molecule has 1 atom stereocenters. The Labute approximate surface area is 121 Å². The van der Waals surface area contributed by atoms with E-state index in [1.165, 1.54) is 0 Å². The zero-order valence-corrected chi connectivity index (χ0v) is 13.0. The molecule has 5 heteroatoms. The highest BCUT2D eigenvalue weighted by Crippen LogP contribution is 2.19. The third-order valence-corrected chi connectivity index (χ3v) is 3.81. The average molecular weight is 281 g/mol. The van der Waals surface area contributed by atoms with E-state index in [0.717, 1.165) is 18.5 Å². The molecule has 0 aliphatic rings. The smallest absolute Gasteiger partial charge is 0.254 e. The van der Waals surface area contributed by atoms with Gasteiger partial charge in [0.2, 0.25) is 0 Å². The van der Waals surface area contributed by atoms with Gasteiger partial charge in [-0.3, -0.25) is 9.48 Å². The summed E-state index contributed by atoms with van der Waals surface area (Å²) in [6, 6.07) is 0.346. The molecule has 114 valence electrons. The maximum atomic E-state index is 12.1. The monoisotopic (exact) mass is 281 g/mol. The van der Waals surface area contributed by atoms with Crippen molar-refractivity contribution >= 4 is 5.91 Å². The Hall–Kier alpha value is -1.36. The van der Waals surface area contributed by atoms with Crippen LogP contribution >= 0.6 is 0 Å². The van der Waals surface area contributed by atoms with Crippen LogP contribution in [-0.2, 0) is 0 Å². The predicted molar refractivity (Wildman–Crippen MR) is 79.8 cm³/mol. The number of hydrogen-bond donors (Lipinski definition) is 2. The number of rotatable bonds is 8. The van der Waals surface area contributed by atoms with Gasteiger partial charge in [-0.25, -0.2) is 0 Å². The molecule has 1 rings (SSSR count). The van der Waals surface area contributed by atoms with Crippen LogP contribution in [-0.4, -0.2) is 33.4 Å². The second-order valence-electron chi connectivity index (χ2n) is 5.17. The van der Waals surface area contributed by atoms with Crippen molar-refractivity contribution in [3.8, 4) is 0 Å². The van der Waals surface area contributed by atoms with Gasteiger partial charge < -0.3 is 10.4 Å². The highest BCUT2D eigenvalue weighted by molar-refractivity contribution is 5.95. The molecule has 0 aliphatic carbocycles. The molecule has 0 bridgehead atoms. The summed E-state index contributed by atoms with van der Waals surface area (Å²) in [6.07, 6.45) is 4.59. The Morgan fingerprint density at radius 1 is 1.35 bits per heavy atom. The van der Waals surface area contributed by atoms with Gasteiger partial charge in [-0.15, -0.1) is 0 Å². The first-order chi connectivity index (χ1) is 9.54. The van der Waals surface area contributed by atoms with E-state index >= 15 is 0 Å². The highest BCUT2D eigenvalue weighted by Gasteiger charge is 2.17. The number of aliphatic hydroxyl groups is 1. The Morgan fingerprint density at radius 2 is 2.00 bits per heavy atom. The molecular weight excluding hydrogens is 254 g/mol. The minimum absolute atomic E-state index is 0.108. The summed E-state index contributed by atoms with van der Waals surface area (Å²) >= 11 is 0. The van der Waals surface area contributed by atoms with Gasteiger partial charge in [0, 0.05) is 12.2 Å². The predicted octanol–water partition coefficient (Wildman–Crippen LogP) is 2.44. The van der Waals surface area contributed by atoms with E-state index in [1.807, 2.05) is 18.5 Å². The lowest BCUT2D eigenvalue weighted by atomic mass is 10.1. The Morgan fingerprint density at radius 3 is 2.55 bits per heavy atom. The molecule has 0 aromatic carbocycles. The van der Waals surface area contributed by atoms with Crippen molar-refractivity contribution in [2.45, 2.75) is 65.5 Å². The molecule has 0 saturated carbocycles. The molecule has 20 heavy (non-hydrogen) atoms. The van der Waals surface area contributed by atoms with E-state index in [9.17, 15) is 9.90 Å². The van der Waals surface area contributed by atoms with Crippen LogP contribution in [0.15, 0.2) is 6.20 Å². The fourth-order valence-electron chi connectivity index (χ4n) is 2.30. The fourth-order valence-corrected chi connectivity index (χ4v) is 2.30. The summed E-state index contributed by atoms with van der Waals surface area (Å²) in [5.74, 6) is -0.108. The first-order valence-corrected chi connectivity index (χ1v) is 7.55. The number of carbonyl (C=O) groups excluding carboxylic acids is 1. The molecule has 1 aromatic rings. The molecule has 0 radical (unpaired) electrons. The molecule has 1 heterocycles. The van der Waals surface area contributed by atoms with Gasteiger partial charge in [0.05, 0.1) is 23.9 Å². The zero-order chi connectivity index (χ0) is 15.1. The Kier molecular flexibility index (Phi) is 6.71. The van der Waals surface area contributed by atoms with Crippen molar-refractivity contribution in [1.82, 2.24) is 15.1 Å². The topological polar surface area (TPSA) is 67.2 Å². The van der Waals surface area contributed by atoms with Gasteiger partial charge in [-0.2, -0.15) is 5.10 Å². The van der Waals surface area contributed by atoms with E-state index in [4.69, 9.17) is 0 Å². The molecule has 0 aliphatic heterocycles. The maximum Gasteiger partial charge on any atom is 0.254 e. The summed E-state index contributed by atoms with van der Waals surface area (Å²) in [5, 5.41) is 16.7. The molecule has 5 nitrogen and oxygen atoms in total. The van der Waals surface area contributed by atoms with Crippen molar-refractivity contribution in [2.75, 3.05) is 6.54 Å². The normalized spacial score (nSPS) is 12.7. The largest absolute Gasteiger partial charge is 0.393 e. The second-order valence-corrected chi connectivity index (χ2v) is 5.17. The molecule has 2 N–H and O–H groups in total. The Balaban J connectivity index is 2.65. The number of hydrogen-bond acceptors (Lipinski definition) is 3. The summed E-state index contributed by atoms with van der Waals surface area (Å²) in [4.78, 5) is 12.1. The van der Waals surface area contributed by atoms with Crippen molar-refractivity contribution in [2.24, 2.45) is 0 Å². The van der Waals surface area contributed by atoms with Crippen LogP contribution in [0.4, 0.5) is 0 Å². The standard InChI is InChI=1S/C15H27N3O2/c1-5-12(6-2)18-11(4)14(10-17-18)15(20)16-9-8-13(19)7-3/h10,12-13,19H,5-9H2,1-4H3,(H,16,20). The van der Waals surface area contributed by atoms with Gasteiger partial charge in [-0.05, 0) is 32.6 Å². The van der Waals surface area contributed by atoms with E-state index in [1.54, 1.807) is 6.20 Å². The lowest BCUT2D eigenvalue weighted by Gasteiger charge is -2.15. The van der Waals surface area contributed by atoms with Crippen molar-refractivity contribution in [3.05, 3.63) is 17.5 Å². The number of carbonyl (C=O) groups is 1. The van der Waals surface area contributed by atoms with Gasteiger partial charge in [0.1, 0.15) is 0 Å².